The number of hydrogen-bond acceptors (Lipinski definition) is 7. The molecule has 1 saturated heterocycles. The molecule has 2 N–H and O–H groups in total. The Kier molecular flexibility index (Phi) is 3.62. The highest BCUT2D eigenvalue weighted by molar-refractivity contribution is 5.10. The maximum Gasteiger partial charge on any atom is 0.436 e. The van der Waals surface area contributed by atoms with Crippen molar-refractivity contribution in [3.8, 4) is 0 Å². The standard InChI is InChI=1S/C8H10N6O5/c9-12-11-3-4-5(15)6(16)7(19-4)13-2-1-10-8(13)14(17)18/h1-2,4-7,15-16H,3H2/t4?,5-,6+,7?/m0/s1. The van der Waals surface area contributed by atoms with Crippen molar-refractivity contribution >= 4 is 5.95 Å². The highest BCUT2D eigenvalue weighted by atomic mass is 16.6. The smallest absolute Gasteiger partial charge is 0.390 e. The van der Waals surface area contributed by atoms with Crippen LogP contribution in [0.15, 0.2) is 17.5 Å². The average Bonchev–Trinajstić information content (AvgIpc) is 2.95. The van der Waals surface area contributed by atoms with Gasteiger partial charge in [-0.15, -0.1) is 0 Å². The average molecular weight is 270 g/mol. The van der Waals surface area contributed by atoms with Crippen molar-refractivity contribution in [2.45, 2.75) is 24.5 Å². The molecule has 1 aliphatic heterocycles. The highest BCUT2D eigenvalue weighted by Crippen LogP contribution is 2.31. The van der Waals surface area contributed by atoms with E-state index in [2.05, 4.69) is 15.0 Å². The zero-order chi connectivity index (χ0) is 14.0. The molecule has 0 bridgehead atoms. The van der Waals surface area contributed by atoms with Crippen molar-refractivity contribution in [1.82, 2.24) is 9.55 Å². The Morgan fingerprint density at radius 2 is 2.37 bits per heavy atom. The van der Waals surface area contributed by atoms with E-state index in [0.29, 0.717) is 0 Å². The van der Waals surface area contributed by atoms with Crippen LogP contribution in [0.25, 0.3) is 10.4 Å². The van der Waals surface area contributed by atoms with Gasteiger partial charge in [-0.2, -0.15) is 4.57 Å². The molecule has 2 heterocycles. The third kappa shape index (κ3) is 2.35. The van der Waals surface area contributed by atoms with Gasteiger partial charge in [0.1, 0.15) is 24.6 Å². The monoisotopic (exact) mass is 270 g/mol. The molecule has 102 valence electrons. The first-order valence-electron chi connectivity index (χ1n) is 5.26. The first-order chi connectivity index (χ1) is 9.06. The van der Waals surface area contributed by atoms with E-state index in [4.69, 9.17) is 10.3 Å². The number of hydrogen-bond donors (Lipinski definition) is 2. The normalized spacial score (nSPS) is 30.0. The molecule has 4 atom stereocenters. The van der Waals surface area contributed by atoms with Crippen molar-refractivity contribution in [1.29, 1.82) is 0 Å². The molecule has 0 spiro atoms. The minimum Gasteiger partial charge on any atom is -0.390 e. The van der Waals surface area contributed by atoms with Gasteiger partial charge in [0.2, 0.25) is 6.23 Å². The second kappa shape index (κ2) is 5.20. The van der Waals surface area contributed by atoms with Crippen LogP contribution in [0.3, 0.4) is 0 Å². The van der Waals surface area contributed by atoms with Gasteiger partial charge in [0.25, 0.3) is 0 Å². The predicted octanol–water partition coefficient (Wildman–Crippen LogP) is -0.279. The van der Waals surface area contributed by atoms with Crippen molar-refractivity contribution in [3.05, 3.63) is 33.0 Å². The lowest BCUT2D eigenvalue weighted by atomic mass is 10.1. The van der Waals surface area contributed by atoms with Crippen molar-refractivity contribution in [2.75, 3.05) is 6.54 Å². The fraction of sp³-hybridized carbons (Fsp3) is 0.625. The quantitative estimate of drug-likeness (QED) is 0.251. The van der Waals surface area contributed by atoms with Gasteiger partial charge < -0.3 is 25.1 Å². The van der Waals surface area contributed by atoms with Gasteiger partial charge in [0.05, 0.1) is 12.6 Å². The van der Waals surface area contributed by atoms with Crippen molar-refractivity contribution in [3.63, 3.8) is 0 Å². The van der Waals surface area contributed by atoms with Crippen molar-refractivity contribution < 1.29 is 19.9 Å². The van der Waals surface area contributed by atoms with Crippen LogP contribution in [0.4, 0.5) is 5.95 Å². The second-order valence-corrected chi connectivity index (χ2v) is 3.85. The number of imidazole rings is 1. The number of aliphatic hydroxyl groups excluding tert-OH is 2. The Hall–Kier alpha value is -2.20. The Morgan fingerprint density at radius 3 is 3.00 bits per heavy atom. The molecule has 11 heteroatoms. The van der Waals surface area contributed by atoms with E-state index in [9.17, 15) is 20.3 Å². The first kappa shape index (κ1) is 13.2. The van der Waals surface area contributed by atoms with Crippen LogP contribution in [-0.2, 0) is 4.74 Å². The number of aliphatic hydroxyl groups is 2. The third-order valence-electron chi connectivity index (χ3n) is 2.75. The fourth-order valence-electron chi connectivity index (χ4n) is 1.87. The summed E-state index contributed by atoms with van der Waals surface area (Å²) < 4.78 is 6.28. The summed E-state index contributed by atoms with van der Waals surface area (Å²) in [5, 5.41) is 33.5. The predicted molar refractivity (Wildman–Crippen MR) is 58.8 cm³/mol. The van der Waals surface area contributed by atoms with E-state index in [1.807, 2.05) is 0 Å². The molecule has 0 saturated carbocycles. The molecule has 1 aliphatic rings. The molecule has 11 nitrogen and oxygen atoms in total. The molecule has 2 rings (SSSR count). The molecular weight excluding hydrogens is 260 g/mol. The number of ether oxygens (including phenoxy) is 1. The summed E-state index contributed by atoms with van der Waals surface area (Å²) in [5.41, 5.74) is 8.20. The topological polar surface area (TPSA) is 159 Å². The van der Waals surface area contributed by atoms with Crippen LogP contribution < -0.4 is 0 Å². The van der Waals surface area contributed by atoms with E-state index in [1.165, 1.54) is 12.4 Å². The summed E-state index contributed by atoms with van der Waals surface area (Å²) in [4.78, 5) is 16.0. The Labute approximate surface area is 105 Å². The van der Waals surface area contributed by atoms with Crippen LogP contribution >= 0.6 is 0 Å². The van der Waals surface area contributed by atoms with E-state index in [-0.39, 0.29) is 6.54 Å². The Balaban J connectivity index is 2.23. The minimum absolute atomic E-state index is 0.187. The Bertz CT molecular complexity index is 525. The minimum atomic E-state index is -1.38. The molecule has 1 aromatic rings. The van der Waals surface area contributed by atoms with E-state index in [1.54, 1.807) is 0 Å². The molecule has 0 aromatic carbocycles. The second-order valence-electron chi connectivity index (χ2n) is 3.85. The maximum absolute atomic E-state index is 10.7. The number of aromatic nitrogens is 2. The molecule has 0 amide bonds. The first-order valence-corrected chi connectivity index (χ1v) is 5.26. The molecule has 0 aliphatic carbocycles. The van der Waals surface area contributed by atoms with E-state index >= 15 is 0 Å². The number of rotatable bonds is 4. The number of nitro groups is 1. The summed E-state index contributed by atoms with van der Waals surface area (Å²) in [6.45, 7) is -0.187. The highest BCUT2D eigenvalue weighted by Gasteiger charge is 2.46. The molecule has 1 aromatic heterocycles. The van der Waals surface area contributed by atoms with Crippen LogP contribution in [0.1, 0.15) is 6.23 Å². The largest absolute Gasteiger partial charge is 0.436 e. The molecule has 1 fully saturated rings. The summed E-state index contributed by atoms with van der Waals surface area (Å²) in [6.07, 6.45) is -2.34. The van der Waals surface area contributed by atoms with Gasteiger partial charge in [-0.1, -0.05) is 10.1 Å². The Morgan fingerprint density at radius 1 is 1.63 bits per heavy atom. The molecule has 19 heavy (non-hydrogen) atoms. The summed E-state index contributed by atoms with van der Waals surface area (Å²) >= 11 is 0. The SMILES string of the molecule is [N-]=[N+]=NCC1OC(n2ccnc2[N+](=O)[O-])[C@H](O)[C@H]1O. The van der Waals surface area contributed by atoms with Gasteiger partial charge in [0, 0.05) is 4.91 Å². The summed E-state index contributed by atoms with van der Waals surface area (Å²) in [5.74, 6) is -0.513. The maximum atomic E-state index is 10.7. The molecule has 0 radical (unpaired) electrons. The van der Waals surface area contributed by atoms with Crippen molar-refractivity contribution in [2.24, 2.45) is 5.11 Å². The third-order valence-corrected chi connectivity index (χ3v) is 2.75. The van der Waals surface area contributed by atoms with Crippen LogP contribution in [0.2, 0.25) is 0 Å². The van der Waals surface area contributed by atoms with Gasteiger partial charge in [0.15, 0.2) is 0 Å². The van der Waals surface area contributed by atoms with Gasteiger partial charge in [-0.05, 0) is 10.5 Å². The van der Waals surface area contributed by atoms with Gasteiger partial charge in [-0.25, -0.2) is 0 Å². The van der Waals surface area contributed by atoms with E-state index in [0.717, 1.165) is 4.57 Å². The molecule has 2 unspecified atom stereocenters. The molecular formula is C8H10N6O5. The zero-order valence-corrected chi connectivity index (χ0v) is 9.47. The lowest BCUT2D eigenvalue weighted by molar-refractivity contribution is -0.398. The zero-order valence-electron chi connectivity index (χ0n) is 9.47. The number of azide groups is 1. The van der Waals surface area contributed by atoms with Crippen LogP contribution in [0.5, 0.6) is 0 Å². The number of nitrogens with zero attached hydrogens (tertiary/aromatic N) is 6. The van der Waals surface area contributed by atoms with Crippen LogP contribution in [-0.4, -0.2) is 49.5 Å². The lowest BCUT2D eigenvalue weighted by Gasteiger charge is -2.13. The summed E-state index contributed by atoms with van der Waals surface area (Å²) in [7, 11) is 0. The lowest BCUT2D eigenvalue weighted by Crippen LogP contribution is -2.32. The van der Waals surface area contributed by atoms with Gasteiger partial charge >= 0.3 is 5.95 Å². The fourth-order valence-corrected chi connectivity index (χ4v) is 1.87. The van der Waals surface area contributed by atoms with E-state index < -0.39 is 35.4 Å². The van der Waals surface area contributed by atoms with Crippen LogP contribution in [0, 0.1) is 10.1 Å². The van der Waals surface area contributed by atoms with Gasteiger partial charge in [-0.3, -0.25) is 0 Å². The summed E-state index contributed by atoms with van der Waals surface area (Å²) in [6, 6.07) is 0.